The quantitative estimate of drug-likeness (QED) is 0.903. The van der Waals surface area contributed by atoms with E-state index in [1.807, 2.05) is 18.7 Å². The van der Waals surface area contributed by atoms with Crippen molar-refractivity contribution in [1.29, 1.82) is 0 Å². The van der Waals surface area contributed by atoms with Crippen LogP contribution in [0.1, 0.15) is 54.0 Å². The highest BCUT2D eigenvalue weighted by Crippen LogP contribution is 2.40. The number of nitrogens with zero attached hydrogens (tertiary/aromatic N) is 4. The molecule has 0 radical (unpaired) electrons. The van der Waals surface area contributed by atoms with Gasteiger partial charge in [0, 0.05) is 44.3 Å². The maximum absolute atomic E-state index is 12.9. The van der Waals surface area contributed by atoms with E-state index >= 15 is 0 Å². The third-order valence-corrected chi connectivity index (χ3v) is 4.84. The molecular weight excluding hydrogens is 292 g/mol. The molecule has 2 heterocycles. The van der Waals surface area contributed by atoms with E-state index in [2.05, 4.69) is 14.9 Å². The van der Waals surface area contributed by atoms with Crippen molar-refractivity contribution < 1.29 is 9.90 Å². The first-order valence-corrected chi connectivity index (χ1v) is 8.58. The lowest BCUT2D eigenvalue weighted by molar-refractivity contribution is 0.0752. The number of aliphatic hydroxyl groups excluding tert-OH is 1. The van der Waals surface area contributed by atoms with E-state index in [1.54, 1.807) is 6.20 Å². The van der Waals surface area contributed by atoms with Crippen molar-refractivity contribution in [2.45, 2.75) is 45.1 Å². The minimum absolute atomic E-state index is 0.0606. The maximum Gasteiger partial charge on any atom is 0.257 e. The van der Waals surface area contributed by atoms with Crippen molar-refractivity contribution in [1.82, 2.24) is 19.8 Å². The molecule has 1 N–H and O–H groups in total. The summed E-state index contributed by atoms with van der Waals surface area (Å²) < 4.78 is 0. The van der Waals surface area contributed by atoms with Crippen molar-refractivity contribution in [3.8, 4) is 0 Å². The average molecular weight is 318 g/mol. The molecule has 23 heavy (non-hydrogen) atoms. The minimum Gasteiger partial charge on any atom is -0.395 e. The summed E-state index contributed by atoms with van der Waals surface area (Å²) in [5.41, 5.74) is 1.62. The Morgan fingerprint density at radius 3 is 2.83 bits per heavy atom. The molecule has 1 saturated carbocycles. The minimum atomic E-state index is 0.0606. The molecule has 126 valence electrons. The predicted octanol–water partition coefficient (Wildman–Crippen LogP) is 1.19. The van der Waals surface area contributed by atoms with E-state index in [1.165, 1.54) is 0 Å². The first-order valence-electron chi connectivity index (χ1n) is 8.58. The Labute approximate surface area is 137 Å². The van der Waals surface area contributed by atoms with Gasteiger partial charge in [-0.2, -0.15) is 0 Å². The SMILES string of the molecule is Cc1ncc(C(=O)N2CCCN(C(C)CO)CC2)c(C2CC2)n1. The van der Waals surface area contributed by atoms with Crippen LogP contribution in [0.3, 0.4) is 0 Å². The van der Waals surface area contributed by atoms with Gasteiger partial charge in [0.25, 0.3) is 5.91 Å². The zero-order valence-electron chi connectivity index (χ0n) is 14.0. The first kappa shape index (κ1) is 16.3. The molecule has 1 aliphatic carbocycles. The molecule has 1 saturated heterocycles. The number of hydrogen-bond donors (Lipinski definition) is 1. The summed E-state index contributed by atoms with van der Waals surface area (Å²) in [6.45, 7) is 7.24. The summed E-state index contributed by atoms with van der Waals surface area (Å²) in [6.07, 6.45) is 4.88. The molecule has 1 aromatic heterocycles. The van der Waals surface area contributed by atoms with Crippen molar-refractivity contribution in [3.63, 3.8) is 0 Å². The number of hydrogen-bond acceptors (Lipinski definition) is 5. The second kappa shape index (κ2) is 6.93. The van der Waals surface area contributed by atoms with Crippen LogP contribution in [0.4, 0.5) is 0 Å². The van der Waals surface area contributed by atoms with Crippen LogP contribution < -0.4 is 0 Å². The van der Waals surface area contributed by atoms with Gasteiger partial charge in [-0.25, -0.2) is 9.97 Å². The molecule has 1 amide bonds. The Hall–Kier alpha value is -1.53. The van der Waals surface area contributed by atoms with Crippen LogP contribution in [-0.4, -0.2) is 69.6 Å². The Balaban J connectivity index is 1.73. The number of aliphatic hydroxyl groups is 1. The van der Waals surface area contributed by atoms with Crippen LogP contribution in [0.5, 0.6) is 0 Å². The van der Waals surface area contributed by atoms with Gasteiger partial charge in [-0.15, -0.1) is 0 Å². The number of amides is 1. The van der Waals surface area contributed by atoms with Crippen LogP contribution in [-0.2, 0) is 0 Å². The number of aromatic nitrogens is 2. The molecule has 2 fully saturated rings. The van der Waals surface area contributed by atoms with E-state index in [9.17, 15) is 9.90 Å². The second-order valence-electron chi connectivity index (χ2n) is 6.70. The van der Waals surface area contributed by atoms with Gasteiger partial charge in [-0.3, -0.25) is 9.69 Å². The van der Waals surface area contributed by atoms with Gasteiger partial charge in [-0.1, -0.05) is 0 Å². The average Bonchev–Trinajstić information content (AvgIpc) is 3.39. The van der Waals surface area contributed by atoms with Crippen molar-refractivity contribution >= 4 is 5.91 Å². The Morgan fingerprint density at radius 2 is 2.13 bits per heavy atom. The summed E-state index contributed by atoms with van der Waals surface area (Å²) in [6, 6.07) is 0.148. The Morgan fingerprint density at radius 1 is 1.35 bits per heavy atom. The molecule has 1 atom stereocenters. The largest absolute Gasteiger partial charge is 0.395 e. The predicted molar refractivity (Wildman–Crippen MR) is 87.4 cm³/mol. The summed E-state index contributed by atoms with van der Waals surface area (Å²) in [7, 11) is 0. The highest BCUT2D eigenvalue weighted by atomic mass is 16.3. The van der Waals surface area contributed by atoms with Crippen molar-refractivity contribution in [2.75, 3.05) is 32.8 Å². The molecule has 0 bridgehead atoms. The zero-order chi connectivity index (χ0) is 16.4. The highest BCUT2D eigenvalue weighted by Gasteiger charge is 2.32. The molecule has 3 rings (SSSR count). The van der Waals surface area contributed by atoms with Crippen LogP contribution >= 0.6 is 0 Å². The van der Waals surface area contributed by atoms with Crippen LogP contribution in [0.25, 0.3) is 0 Å². The standard InChI is InChI=1S/C17H26N4O2/c1-12(11-22)20-6-3-7-21(9-8-20)17(23)15-10-18-13(2)19-16(15)14-4-5-14/h10,12,14,22H,3-9,11H2,1-2H3. The summed E-state index contributed by atoms with van der Waals surface area (Å²) in [5, 5.41) is 9.32. The fourth-order valence-electron chi connectivity index (χ4n) is 3.19. The van der Waals surface area contributed by atoms with Crippen LogP contribution in [0, 0.1) is 6.92 Å². The second-order valence-corrected chi connectivity index (χ2v) is 6.70. The zero-order valence-corrected chi connectivity index (χ0v) is 14.0. The summed E-state index contributed by atoms with van der Waals surface area (Å²) in [4.78, 5) is 25.9. The fraction of sp³-hybridized carbons (Fsp3) is 0.706. The van der Waals surface area contributed by atoms with Crippen molar-refractivity contribution in [2.24, 2.45) is 0 Å². The van der Waals surface area contributed by atoms with Gasteiger partial charge in [0.2, 0.25) is 0 Å². The first-order chi connectivity index (χ1) is 11.1. The third-order valence-electron chi connectivity index (χ3n) is 4.84. The lowest BCUT2D eigenvalue weighted by Crippen LogP contribution is -2.40. The Kier molecular flexibility index (Phi) is 4.92. The van der Waals surface area contributed by atoms with Crippen LogP contribution in [0.2, 0.25) is 0 Å². The molecule has 1 unspecified atom stereocenters. The smallest absolute Gasteiger partial charge is 0.257 e. The lowest BCUT2D eigenvalue weighted by Gasteiger charge is -2.26. The van der Waals surface area contributed by atoms with E-state index in [0.717, 1.165) is 50.4 Å². The van der Waals surface area contributed by atoms with Crippen molar-refractivity contribution in [3.05, 3.63) is 23.3 Å². The van der Waals surface area contributed by atoms with Gasteiger partial charge in [0.15, 0.2) is 0 Å². The molecule has 6 heteroatoms. The maximum atomic E-state index is 12.9. The molecule has 1 aromatic rings. The number of rotatable bonds is 4. The van der Waals surface area contributed by atoms with Gasteiger partial charge in [0.1, 0.15) is 5.82 Å². The lowest BCUT2D eigenvalue weighted by atomic mass is 10.1. The molecular formula is C17H26N4O2. The molecule has 0 spiro atoms. The van der Waals surface area contributed by atoms with Crippen LogP contribution in [0.15, 0.2) is 6.20 Å². The van der Waals surface area contributed by atoms with E-state index < -0.39 is 0 Å². The topological polar surface area (TPSA) is 69.6 Å². The third kappa shape index (κ3) is 3.70. The normalized spacial score (nSPS) is 21.1. The Bertz CT molecular complexity index is 574. The molecule has 0 aromatic carbocycles. The van der Waals surface area contributed by atoms with E-state index in [4.69, 9.17) is 0 Å². The van der Waals surface area contributed by atoms with Gasteiger partial charge in [-0.05, 0) is 33.1 Å². The molecule has 1 aliphatic heterocycles. The fourth-order valence-corrected chi connectivity index (χ4v) is 3.19. The van der Waals surface area contributed by atoms with E-state index in [0.29, 0.717) is 18.0 Å². The van der Waals surface area contributed by atoms with Gasteiger partial charge in [0.05, 0.1) is 17.9 Å². The van der Waals surface area contributed by atoms with Gasteiger partial charge < -0.3 is 10.0 Å². The molecule has 2 aliphatic rings. The monoisotopic (exact) mass is 318 g/mol. The number of carbonyl (C=O) groups is 1. The summed E-state index contributed by atoms with van der Waals surface area (Å²) >= 11 is 0. The highest BCUT2D eigenvalue weighted by molar-refractivity contribution is 5.95. The summed E-state index contributed by atoms with van der Waals surface area (Å²) in [5.74, 6) is 1.24. The number of aryl methyl sites for hydroxylation is 1. The van der Waals surface area contributed by atoms with E-state index in [-0.39, 0.29) is 18.6 Å². The molecule has 6 nitrogen and oxygen atoms in total. The number of carbonyl (C=O) groups excluding carboxylic acids is 1. The van der Waals surface area contributed by atoms with Gasteiger partial charge >= 0.3 is 0 Å².